The monoisotopic (exact) mass is 1220 g/mol. The number of carboxylic acids is 1. The summed E-state index contributed by atoms with van der Waals surface area (Å²) in [6, 6.07) is 11.7. The average Bonchev–Trinajstić information content (AvgIpc) is 2.78. The Morgan fingerprint density at radius 1 is 0.575 bits per heavy atom. The third kappa shape index (κ3) is 25.0. The number of alkyl carbamates (subject to hydrolysis) is 1. The van der Waals surface area contributed by atoms with E-state index in [1.807, 2.05) is 0 Å². The summed E-state index contributed by atoms with van der Waals surface area (Å²) in [5.41, 5.74) is 19.3. The van der Waals surface area contributed by atoms with Crippen LogP contribution in [0.15, 0.2) is 96.0 Å². The first kappa shape index (κ1) is 72.5. The number of aliphatic carboxylic acids is 1. The number of hydrogen-bond donors (Lipinski definition) is 16. The number of nitrogens with two attached hydrogens (primary N) is 3. The van der Waals surface area contributed by atoms with E-state index in [1.54, 1.807) is 133 Å². The Morgan fingerprint density at radius 3 is 1.62 bits per heavy atom. The zero-order valence-electron chi connectivity index (χ0n) is 50.1. The highest BCUT2D eigenvalue weighted by Crippen LogP contribution is 2.18. The standard InChI is InChI=1S/C59H87N13O15/c1-8-34(6)45(54(81)70-46(35(7)74)53(80)64-29-43(75)65-41(28-36-19-12-9-13-20-36)52(79)68-42(30-73)57(84)85)69-50(77)39(25-18-26-63-58(61)62)66-51(78)40(27-32(2)3)67-56(83)48(49(76)33(4)5)71-55(82)47(44(60)38-23-16-11-17-24-38)72-59(86)87-31-37-21-14-10-15-22-37/h9-17,19-24,32-35,39-42,44-49,73-74,76H,8,18,25-31,60H2,1-7H3,(H,64,80)(H,65,75)(H,66,78)(H,67,83)(H,68,79)(H,69,77)(H,70,81)(H,71,82)(H,72,86)(H,84,85)(H4,61,62,63)/t34-,35-,39+,40-,41-,42-,44+,45-,46-,47-,48-,49+/m0/s1. The lowest BCUT2D eigenvalue weighted by Crippen LogP contribution is -2.63. The largest absolute Gasteiger partial charge is 0.480 e. The van der Waals surface area contributed by atoms with Crippen molar-refractivity contribution < 1.29 is 73.1 Å². The number of amides is 9. The maximum atomic E-state index is 14.5. The lowest BCUT2D eigenvalue weighted by molar-refractivity contribution is -0.143. The number of benzene rings is 3. The Bertz CT molecular complexity index is 2760. The number of nitrogens with one attached hydrogen (secondary N) is 9. The molecule has 0 saturated heterocycles. The van der Waals surface area contributed by atoms with Crippen LogP contribution in [0.1, 0.15) is 96.9 Å². The van der Waals surface area contributed by atoms with Crippen molar-refractivity contribution in [1.82, 2.24) is 47.9 Å². The van der Waals surface area contributed by atoms with Gasteiger partial charge in [-0.15, -0.1) is 0 Å². The van der Waals surface area contributed by atoms with Crippen molar-refractivity contribution in [2.75, 3.05) is 19.7 Å². The number of hydrogen-bond acceptors (Lipinski definition) is 16. The quantitative estimate of drug-likeness (QED) is 0.0176. The maximum absolute atomic E-state index is 14.5. The van der Waals surface area contributed by atoms with Gasteiger partial charge in [-0.2, -0.15) is 0 Å². The lowest BCUT2D eigenvalue weighted by atomic mass is 9.95. The van der Waals surface area contributed by atoms with E-state index in [4.69, 9.17) is 21.9 Å². The molecule has 87 heavy (non-hydrogen) atoms. The Kier molecular flexibility index (Phi) is 30.8. The molecule has 0 fully saturated rings. The van der Waals surface area contributed by atoms with Gasteiger partial charge in [-0.25, -0.2) is 9.59 Å². The number of ether oxygens (including phenoxy) is 1. The highest BCUT2D eigenvalue weighted by Gasteiger charge is 2.39. The highest BCUT2D eigenvalue weighted by molar-refractivity contribution is 5.98. The summed E-state index contributed by atoms with van der Waals surface area (Å²) in [7, 11) is 0. The fourth-order valence-electron chi connectivity index (χ4n) is 8.66. The summed E-state index contributed by atoms with van der Waals surface area (Å²) < 4.78 is 5.39. The SMILES string of the molecule is CC[C@H](C)[C@H](NC(=O)[C@@H](CCCN=C(N)N)NC(=O)[C@H](CC(C)C)NC(=O)[C@@H](NC(=O)[C@@H](NC(=O)OCc1ccccc1)[C@H](N)c1ccccc1)[C@H](O)C(C)C)C(=O)N[C@H](C(=O)NCC(=O)N[C@@H](Cc1ccccc1)C(=O)N[C@@H](CO)C(=O)O)[C@H](C)O. The topological polar surface area (TPSA) is 460 Å². The molecule has 3 aromatic rings. The van der Waals surface area contributed by atoms with Crippen LogP contribution in [-0.4, -0.2) is 166 Å². The summed E-state index contributed by atoms with van der Waals surface area (Å²) in [6.07, 6.45) is -4.14. The first-order valence-corrected chi connectivity index (χ1v) is 28.6. The number of guanidine groups is 1. The summed E-state index contributed by atoms with van der Waals surface area (Å²) in [6.45, 7) is 9.26. The van der Waals surface area contributed by atoms with E-state index in [0.29, 0.717) is 16.7 Å². The maximum Gasteiger partial charge on any atom is 0.408 e. The molecule has 0 radical (unpaired) electrons. The van der Waals surface area contributed by atoms with Gasteiger partial charge >= 0.3 is 12.1 Å². The second-order valence-electron chi connectivity index (χ2n) is 21.8. The van der Waals surface area contributed by atoms with Gasteiger partial charge in [-0.3, -0.25) is 43.3 Å². The third-order valence-electron chi connectivity index (χ3n) is 13.8. The minimum absolute atomic E-state index is 0.00853. The van der Waals surface area contributed by atoms with Crippen LogP contribution in [0.25, 0.3) is 0 Å². The van der Waals surface area contributed by atoms with Crippen molar-refractivity contribution in [3.63, 3.8) is 0 Å². The molecule has 0 aliphatic carbocycles. The van der Waals surface area contributed by atoms with Gasteiger partial charge in [0, 0.05) is 13.0 Å². The van der Waals surface area contributed by atoms with Gasteiger partial charge in [0.1, 0.15) is 54.9 Å². The number of aliphatic hydroxyl groups excluding tert-OH is 3. The molecular formula is C59H87N13O15. The van der Waals surface area contributed by atoms with E-state index in [-0.39, 0.29) is 57.1 Å². The molecule has 0 bridgehead atoms. The third-order valence-corrected chi connectivity index (χ3v) is 13.8. The van der Waals surface area contributed by atoms with E-state index in [9.17, 15) is 68.4 Å². The number of nitrogens with zero attached hydrogens (tertiary/aromatic N) is 1. The minimum atomic E-state index is -1.76. The van der Waals surface area contributed by atoms with Gasteiger partial charge < -0.3 is 90.2 Å². The molecule has 0 aromatic heterocycles. The molecule has 3 rings (SSSR count). The molecule has 0 spiro atoms. The van der Waals surface area contributed by atoms with Gasteiger partial charge in [0.15, 0.2) is 5.96 Å². The molecule has 28 heteroatoms. The minimum Gasteiger partial charge on any atom is -0.480 e. The summed E-state index contributed by atoms with van der Waals surface area (Å²) in [5.74, 6) is -11.1. The van der Waals surface area contributed by atoms with E-state index in [2.05, 4.69) is 52.8 Å². The van der Waals surface area contributed by atoms with Gasteiger partial charge in [0.05, 0.1) is 31.4 Å². The van der Waals surface area contributed by atoms with Gasteiger partial charge in [0.25, 0.3) is 0 Å². The highest BCUT2D eigenvalue weighted by atomic mass is 16.5. The molecule has 3 aromatic carbocycles. The van der Waals surface area contributed by atoms with Crippen molar-refractivity contribution in [3.8, 4) is 0 Å². The van der Waals surface area contributed by atoms with Gasteiger partial charge in [0.2, 0.25) is 47.3 Å². The van der Waals surface area contributed by atoms with Gasteiger partial charge in [-0.05, 0) is 60.6 Å². The molecule has 0 saturated carbocycles. The second-order valence-corrected chi connectivity index (χ2v) is 21.8. The normalized spacial score (nSPS) is 15.3. The first-order valence-electron chi connectivity index (χ1n) is 28.6. The number of carbonyl (C=O) groups is 10. The Balaban J connectivity index is 1.88. The number of carboxylic acid groups (broad SMARTS) is 1. The molecule has 0 heterocycles. The fraction of sp³-hybridized carbons (Fsp3) is 0.508. The number of rotatable bonds is 36. The molecule has 0 unspecified atom stereocenters. The Hall–Kier alpha value is -8.73. The number of aliphatic hydroxyl groups is 3. The summed E-state index contributed by atoms with van der Waals surface area (Å²) in [4.78, 5) is 141. The van der Waals surface area contributed by atoms with Crippen molar-refractivity contribution in [3.05, 3.63) is 108 Å². The molecule has 9 amide bonds. The average molecular weight is 1220 g/mol. The predicted octanol–water partition coefficient (Wildman–Crippen LogP) is -1.65. The molecular weight excluding hydrogens is 1130 g/mol. The van der Waals surface area contributed by atoms with Crippen LogP contribution in [0.4, 0.5) is 4.79 Å². The van der Waals surface area contributed by atoms with E-state index in [0.717, 1.165) is 0 Å². The van der Waals surface area contributed by atoms with Crippen molar-refractivity contribution in [2.45, 2.75) is 154 Å². The van der Waals surface area contributed by atoms with Crippen molar-refractivity contribution in [1.29, 1.82) is 0 Å². The van der Waals surface area contributed by atoms with Crippen LogP contribution < -0.4 is 65.1 Å². The van der Waals surface area contributed by atoms with Crippen LogP contribution in [-0.2, 0) is 60.9 Å². The summed E-state index contributed by atoms with van der Waals surface area (Å²) in [5, 5.41) is 63.4. The molecule has 28 nitrogen and oxygen atoms in total. The molecule has 0 aliphatic heterocycles. The molecule has 12 atom stereocenters. The smallest absolute Gasteiger partial charge is 0.408 e. The van der Waals surface area contributed by atoms with Crippen LogP contribution in [0, 0.1) is 17.8 Å². The number of aliphatic imine (C=N–C) groups is 1. The van der Waals surface area contributed by atoms with Crippen LogP contribution in [0.5, 0.6) is 0 Å². The first-order chi connectivity index (χ1) is 41.2. The van der Waals surface area contributed by atoms with Crippen LogP contribution in [0.3, 0.4) is 0 Å². The zero-order valence-corrected chi connectivity index (χ0v) is 50.1. The second kappa shape index (κ2) is 37.0. The van der Waals surface area contributed by atoms with Gasteiger partial charge in [-0.1, -0.05) is 139 Å². The van der Waals surface area contributed by atoms with E-state index >= 15 is 0 Å². The number of carbonyl (C=O) groups excluding carboxylic acids is 9. The molecule has 19 N–H and O–H groups in total. The Morgan fingerprint density at radius 2 is 1.08 bits per heavy atom. The van der Waals surface area contributed by atoms with Crippen molar-refractivity contribution >= 4 is 65.3 Å². The lowest BCUT2D eigenvalue weighted by Gasteiger charge is -2.32. The van der Waals surface area contributed by atoms with Crippen LogP contribution >= 0.6 is 0 Å². The fourth-order valence-corrected chi connectivity index (χ4v) is 8.66. The molecule has 0 aliphatic rings. The van der Waals surface area contributed by atoms with Crippen molar-refractivity contribution in [2.24, 2.45) is 39.9 Å². The summed E-state index contributed by atoms with van der Waals surface area (Å²) >= 11 is 0. The van der Waals surface area contributed by atoms with E-state index in [1.165, 1.54) is 6.92 Å². The van der Waals surface area contributed by atoms with Crippen LogP contribution in [0.2, 0.25) is 0 Å². The zero-order chi connectivity index (χ0) is 64.9. The molecule has 478 valence electrons. The van der Waals surface area contributed by atoms with E-state index < -0.39 is 151 Å². The predicted molar refractivity (Wildman–Crippen MR) is 320 cm³/mol. The Labute approximate surface area is 505 Å².